The van der Waals surface area contributed by atoms with Crippen LogP contribution in [0.15, 0.2) is 36.7 Å². The van der Waals surface area contributed by atoms with Crippen molar-refractivity contribution in [2.45, 2.75) is 51.3 Å². The van der Waals surface area contributed by atoms with Gasteiger partial charge >= 0.3 is 0 Å². The lowest BCUT2D eigenvalue weighted by Crippen LogP contribution is -2.41. The molecular weight excluding hydrogens is 366 g/mol. The number of nitrogens with zero attached hydrogens (tertiary/aromatic N) is 3. The first-order chi connectivity index (χ1) is 13.8. The largest absolute Gasteiger partial charge is 0.496 e. The fraction of sp³-hybridized carbons (Fsp3) is 0.455. The molecule has 1 saturated heterocycles. The van der Waals surface area contributed by atoms with Gasteiger partial charge in [-0.15, -0.1) is 0 Å². The number of imidazole rings is 1. The van der Waals surface area contributed by atoms with Gasteiger partial charge < -0.3 is 20.5 Å². The van der Waals surface area contributed by atoms with Crippen molar-refractivity contribution in [1.29, 1.82) is 0 Å². The molecule has 4 heterocycles. The Morgan fingerprint density at radius 1 is 1.34 bits per heavy atom. The van der Waals surface area contributed by atoms with Gasteiger partial charge in [0.25, 0.3) is 0 Å². The van der Waals surface area contributed by atoms with Crippen LogP contribution in [-0.2, 0) is 5.60 Å². The second-order valence-corrected chi connectivity index (χ2v) is 8.32. The molecule has 0 saturated carbocycles. The van der Waals surface area contributed by atoms with Gasteiger partial charge in [-0.25, -0.2) is 9.97 Å². The molecule has 7 nitrogen and oxygen atoms in total. The zero-order valence-corrected chi connectivity index (χ0v) is 17.4. The third kappa shape index (κ3) is 4.06. The Morgan fingerprint density at radius 3 is 2.90 bits per heavy atom. The van der Waals surface area contributed by atoms with Crippen LogP contribution in [-0.4, -0.2) is 45.2 Å². The zero-order valence-electron chi connectivity index (χ0n) is 17.4. The van der Waals surface area contributed by atoms with E-state index in [9.17, 15) is 5.11 Å². The number of ether oxygens (including phenoxy) is 1. The summed E-state index contributed by atoms with van der Waals surface area (Å²) in [6.07, 6.45) is 5.85. The van der Waals surface area contributed by atoms with Crippen LogP contribution < -0.4 is 15.4 Å². The number of pyridine rings is 2. The maximum Gasteiger partial charge on any atom is 0.140 e. The van der Waals surface area contributed by atoms with E-state index in [0.29, 0.717) is 23.4 Å². The summed E-state index contributed by atoms with van der Waals surface area (Å²) in [6.45, 7) is 6.73. The molecule has 29 heavy (non-hydrogen) atoms. The molecule has 0 bridgehead atoms. The van der Waals surface area contributed by atoms with E-state index in [-0.39, 0.29) is 0 Å². The van der Waals surface area contributed by atoms with Crippen molar-refractivity contribution < 1.29 is 9.84 Å². The number of nitrogens with one attached hydrogen (secondary N) is 2. The van der Waals surface area contributed by atoms with Crippen LogP contribution in [0.2, 0.25) is 0 Å². The van der Waals surface area contributed by atoms with Crippen LogP contribution in [0.5, 0.6) is 5.75 Å². The van der Waals surface area contributed by atoms with Crippen molar-refractivity contribution in [1.82, 2.24) is 19.7 Å². The summed E-state index contributed by atoms with van der Waals surface area (Å²) in [5, 5.41) is 17.6. The smallest absolute Gasteiger partial charge is 0.140 e. The molecule has 0 aromatic carbocycles. The minimum absolute atomic E-state index is 0.419. The number of hydrogen-bond acceptors (Lipinski definition) is 6. The maximum atomic E-state index is 10.6. The lowest BCUT2D eigenvalue weighted by atomic mass is 9.99. The van der Waals surface area contributed by atoms with Crippen LogP contribution in [0.4, 0.5) is 5.82 Å². The van der Waals surface area contributed by atoms with Crippen molar-refractivity contribution in [3.8, 4) is 17.1 Å². The highest BCUT2D eigenvalue weighted by Crippen LogP contribution is 2.32. The lowest BCUT2D eigenvalue weighted by molar-refractivity contribution is 0.0752. The molecule has 0 amide bonds. The number of aromatic nitrogens is 3. The molecule has 3 aromatic rings. The second-order valence-electron chi connectivity index (χ2n) is 8.32. The lowest BCUT2D eigenvalue weighted by Gasteiger charge is -2.29. The van der Waals surface area contributed by atoms with E-state index in [2.05, 4.69) is 22.5 Å². The first-order valence-electron chi connectivity index (χ1n) is 10.1. The molecule has 1 aliphatic rings. The summed E-state index contributed by atoms with van der Waals surface area (Å²) >= 11 is 0. The van der Waals surface area contributed by atoms with Crippen molar-refractivity contribution >= 4 is 11.5 Å². The summed E-state index contributed by atoms with van der Waals surface area (Å²) in [7, 11) is 1.60. The Bertz CT molecular complexity index is 1010. The van der Waals surface area contributed by atoms with Crippen molar-refractivity contribution in [2.75, 3.05) is 19.0 Å². The second kappa shape index (κ2) is 7.65. The Labute approximate surface area is 171 Å². The van der Waals surface area contributed by atoms with Crippen LogP contribution in [0.1, 0.15) is 39.2 Å². The highest BCUT2D eigenvalue weighted by atomic mass is 16.5. The predicted octanol–water partition coefficient (Wildman–Crippen LogP) is 3.18. The molecule has 4 rings (SSSR count). The van der Waals surface area contributed by atoms with Gasteiger partial charge in [0.1, 0.15) is 17.2 Å². The monoisotopic (exact) mass is 395 g/mol. The molecule has 2 atom stereocenters. The minimum Gasteiger partial charge on any atom is -0.496 e. The van der Waals surface area contributed by atoms with Gasteiger partial charge in [-0.1, -0.05) is 6.07 Å². The molecule has 3 aromatic heterocycles. The maximum absolute atomic E-state index is 10.6. The van der Waals surface area contributed by atoms with Gasteiger partial charge in [0.2, 0.25) is 0 Å². The Hall–Kier alpha value is -2.64. The standard InChI is InChI=1S/C22H29N5O2/c1-14-10-15(8-9-23-14)25-20-7-5-6-17(26-20)18-12-24-21-11-19(29-4)16(13-27(18)21)22(2,3)28/h5-7,11-15,23,28H,8-10H2,1-4H3,(H,25,26). The highest BCUT2D eigenvalue weighted by Gasteiger charge is 2.23. The minimum atomic E-state index is -1.04. The Balaban J connectivity index is 1.69. The summed E-state index contributed by atoms with van der Waals surface area (Å²) in [6, 6.07) is 8.77. The SMILES string of the molecule is COc1cc2ncc(-c3cccc(NC4CCNC(C)C4)n3)n2cc1C(C)(C)O. The third-order valence-electron chi connectivity index (χ3n) is 5.48. The molecule has 0 spiro atoms. The molecule has 1 aliphatic heterocycles. The van der Waals surface area contributed by atoms with E-state index in [1.165, 1.54) is 0 Å². The predicted molar refractivity (Wildman–Crippen MR) is 114 cm³/mol. The number of methoxy groups -OCH3 is 1. The molecule has 154 valence electrons. The molecule has 3 N–H and O–H groups in total. The summed E-state index contributed by atoms with van der Waals surface area (Å²) in [5.74, 6) is 1.48. The van der Waals surface area contributed by atoms with Crippen molar-refractivity contribution in [3.05, 3.63) is 42.2 Å². The summed E-state index contributed by atoms with van der Waals surface area (Å²) in [4.78, 5) is 9.35. The molecule has 7 heteroatoms. The summed E-state index contributed by atoms with van der Waals surface area (Å²) < 4.78 is 7.42. The first kappa shape index (κ1) is 19.7. The number of piperidine rings is 1. The Morgan fingerprint density at radius 2 is 2.17 bits per heavy atom. The number of anilines is 1. The number of hydrogen-bond donors (Lipinski definition) is 3. The topological polar surface area (TPSA) is 83.7 Å². The Kier molecular flexibility index (Phi) is 5.19. The van der Waals surface area contributed by atoms with Gasteiger partial charge in [0.05, 0.1) is 30.3 Å². The molecule has 0 radical (unpaired) electrons. The number of rotatable bonds is 5. The molecule has 2 unspecified atom stereocenters. The highest BCUT2D eigenvalue weighted by molar-refractivity contribution is 5.64. The van der Waals surface area contributed by atoms with Gasteiger partial charge in [-0.05, 0) is 52.3 Å². The van der Waals surface area contributed by atoms with Crippen LogP contribution in [0.3, 0.4) is 0 Å². The van der Waals surface area contributed by atoms with E-state index < -0.39 is 5.60 Å². The first-order valence-corrected chi connectivity index (χ1v) is 10.1. The van der Waals surface area contributed by atoms with Crippen molar-refractivity contribution in [2.24, 2.45) is 0 Å². The quantitative estimate of drug-likeness (QED) is 0.615. The van der Waals surface area contributed by atoms with Crippen LogP contribution in [0.25, 0.3) is 17.0 Å². The normalized spacial score (nSPS) is 20.0. The van der Waals surface area contributed by atoms with Crippen molar-refractivity contribution in [3.63, 3.8) is 0 Å². The summed E-state index contributed by atoms with van der Waals surface area (Å²) in [5.41, 5.74) is 2.11. The van der Waals surface area contributed by atoms with E-state index in [4.69, 9.17) is 9.72 Å². The average molecular weight is 396 g/mol. The average Bonchev–Trinajstić information content (AvgIpc) is 3.09. The van der Waals surface area contributed by atoms with Crippen LogP contribution >= 0.6 is 0 Å². The fourth-order valence-electron chi connectivity index (χ4n) is 3.95. The molecule has 1 fully saturated rings. The van der Waals surface area contributed by atoms with Gasteiger partial charge in [0, 0.05) is 29.9 Å². The third-order valence-corrected chi connectivity index (χ3v) is 5.48. The van der Waals surface area contributed by atoms with Gasteiger partial charge in [0.15, 0.2) is 0 Å². The van der Waals surface area contributed by atoms with Crippen LogP contribution in [0, 0.1) is 0 Å². The molecule has 0 aliphatic carbocycles. The fourth-order valence-corrected chi connectivity index (χ4v) is 3.95. The van der Waals surface area contributed by atoms with E-state index >= 15 is 0 Å². The van der Waals surface area contributed by atoms with Gasteiger partial charge in [-0.3, -0.25) is 4.40 Å². The van der Waals surface area contributed by atoms with E-state index in [0.717, 1.165) is 42.2 Å². The zero-order chi connectivity index (χ0) is 20.6. The van der Waals surface area contributed by atoms with Gasteiger partial charge in [-0.2, -0.15) is 0 Å². The van der Waals surface area contributed by atoms with E-state index in [1.807, 2.05) is 41.1 Å². The molecular formula is C22H29N5O2. The van der Waals surface area contributed by atoms with E-state index in [1.54, 1.807) is 21.0 Å². The number of aliphatic hydroxyl groups is 1. The number of fused-ring (bicyclic) bond motifs is 1.